The van der Waals surface area contributed by atoms with Gasteiger partial charge in [-0.15, -0.1) is 0 Å². The Morgan fingerprint density at radius 3 is 2.79 bits per heavy atom. The van der Waals surface area contributed by atoms with Gasteiger partial charge >= 0.3 is 0 Å². The van der Waals surface area contributed by atoms with Crippen LogP contribution < -0.4 is 14.8 Å². The van der Waals surface area contributed by atoms with E-state index in [4.69, 9.17) is 9.47 Å². The molecule has 0 atom stereocenters. The molecule has 140 valence electrons. The topological polar surface area (TPSA) is 102 Å². The van der Waals surface area contributed by atoms with Crippen molar-refractivity contribution in [2.24, 2.45) is 0 Å². The number of carbonyl (C=O) groups is 1. The van der Waals surface area contributed by atoms with Crippen LogP contribution in [0.5, 0.6) is 11.5 Å². The Balaban J connectivity index is 1.86. The van der Waals surface area contributed by atoms with Crippen LogP contribution in [0, 0.1) is 11.3 Å². The molecule has 0 aliphatic carbocycles. The second-order valence-corrected chi connectivity index (χ2v) is 5.55. The molecule has 1 N–H and O–H groups in total. The third-order valence-electron chi connectivity index (χ3n) is 3.85. The molecule has 1 aromatic carbocycles. The Morgan fingerprint density at radius 1 is 1.25 bits per heavy atom. The number of nitrogens with zero attached hydrogens (tertiary/aromatic N) is 4. The molecule has 3 rings (SSSR count). The summed E-state index contributed by atoms with van der Waals surface area (Å²) in [5.41, 5.74) is 0.905. The van der Waals surface area contributed by atoms with Crippen molar-refractivity contribution < 1.29 is 14.3 Å². The Hall–Kier alpha value is -4.12. The summed E-state index contributed by atoms with van der Waals surface area (Å²) in [7, 11) is 3.11. The Bertz CT molecular complexity index is 1050. The lowest BCUT2D eigenvalue weighted by Crippen LogP contribution is -2.13. The smallest absolute Gasteiger partial charge is 0.249 e. The van der Waals surface area contributed by atoms with E-state index in [9.17, 15) is 10.1 Å². The molecular weight excluding hydrogens is 358 g/mol. The van der Waals surface area contributed by atoms with Gasteiger partial charge in [0.15, 0.2) is 11.6 Å². The molecule has 2 heterocycles. The normalized spacial score (nSPS) is 10.5. The summed E-state index contributed by atoms with van der Waals surface area (Å²) in [4.78, 5) is 16.6. The minimum Gasteiger partial charge on any atom is -0.497 e. The highest BCUT2D eigenvalue weighted by atomic mass is 16.5. The van der Waals surface area contributed by atoms with Crippen molar-refractivity contribution in [2.75, 3.05) is 19.5 Å². The Kier molecular flexibility index (Phi) is 5.67. The number of benzene rings is 1. The molecule has 0 aliphatic heterocycles. The zero-order valence-corrected chi connectivity index (χ0v) is 15.3. The molecule has 8 heteroatoms. The number of pyridine rings is 1. The molecule has 0 saturated heterocycles. The van der Waals surface area contributed by atoms with Crippen molar-refractivity contribution in [1.82, 2.24) is 14.8 Å². The van der Waals surface area contributed by atoms with Gasteiger partial charge in [0, 0.05) is 17.8 Å². The van der Waals surface area contributed by atoms with Gasteiger partial charge in [-0.3, -0.25) is 4.79 Å². The maximum absolute atomic E-state index is 12.4. The maximum atomic E-state index is 12.4. The standard InChI is InChI=1S/C20H17N5O3/c1-27-16-7-8-17(28-2)14(11-16)6-9-19(26)24-20-15(12-21)13-23-25(20)18-5-3-4-10-22-18/h3-11,13H,1-2H3,(H,24,26)/b9-6+. The molecule has 3 aromatic rings. The van der Waals surface area contributed by atoms with Gasteiger partial charge in [0.25, 0.3) is 0 Å². The zero-order valence-electron chi connectivity index (χ0n) is 15.3. The summed E-state index contributed by atoms with van der Waals surface area (Å²) in [6.45, 7) is 0. The number of nitriles is 1. The van der Waals surface area contributed by atoms with Gasteiger partial charge in [0.05, 0.1) is 20.4 Å². The lowest BCUT2D eigenvalue weighted by atomic mass is 10.1. The third-order valence-corrected chi connectivity index (χ3v) is 3.85. The SMILES string of the molecule is COc1ccc(OC)c(/C=C/C(=O)Nc2c(C#N)cnn2-c2ccccn2)c1. The molecule has 0 radical (unpaired) electrons. The van der Waals surface area contributed by atoms with E-state index in [2.05, 4.69) is 15.4 Å². The van der Waals surface area contributed by atoms with Crippen LogP contribution in [-0.2, 0) is 4.79 Å². The first-order chi connectivity index (χ1) is 13.7. The van der Waals surface area contributed by atoms with Gasteiger partial charge in [0.2, 0.25) is 5.91 Å². The van der Waals surface area contributed by atoms with Crippen molar-refractivity contribution in [1.29, 1.82) is 5.26 Å². The van der Waals surface area contributed by atoms with Gasteiger partial charge in [-0.05, 0) is 36.4 Å². The number of hydrogen-bond acceptors (Lipinski definition) is 6. The molecule has 2 aromatic heterocycles. The van der Waals surface area contributed by atoms with Crippen molar-refractivity contribution in [3.63, 3.8) is 0 Å². The van der Waals surface area contributed by atoms with E-state index in [1.807, 2.05) is 6.07 Å². The highest BCUT2D eigenvalue weighted by molar-refractivity contribution is 6.02. The number of carbonyl (C=O) groups excluding carboxylic acids is 1. The summed E-state index contributed by atoms with van der Waals surface area (Å²) >= 11 is 0. The van der Waals surface area contributed by atoms with Gasteiger partial charge in [-0.25, -0.2) is 4.98 Å². The van der Waals surface area contributed by atoms with Crippen molar-refractivity contribution in [3.8, 4) is 23.4 Å². The number of methoxy groups -OCH3 is 2. The summed E-state index contributed by atoms with van der Waals surface area (Å²) in [5, 5.41) is 16.1. The molecule has 8 nitrogen and oxygen atoms in total. The zero-order chi connectivity index (χ0) is 19.9. The fourth-order valence-corrected chi connectivity index (χ4v) is 2.50. The second kappa shape index (κ2) is 8.51. The van der Waals surface area contributed by atoms with Crippen LogP contribution in [0.15, 0.2) is 54.9 Å². The quantitative estimate of drug-likeness (QED) is 0.665. The number of aromatic nitrogens is 3. The van der Waals surface area contributed by atoms with E-state index >= 15 is 0 Å². The summed E-state index contributed by atoms with van der Waals surface area (Å²) < 4.78 is 11.9. The molecule has 0 bridgehead atoms. The molecule has 28 heavy (non-hydrogen) atoms. The molecule has 0 unspecified atom stereocenters. The van der Waals surface area contributed by atoms with E-state index in [-0.39, 0.29) is 11.4 Å². The van der Waals surface area contributed by atoms with Crippen LogP contribution in [0.25, 0.3) is 11.9 Å². The monoisotopic (exact) mass is 375 g/mol. The van der Waals surface area contributed by atoms with Crippen LogP contribution in [0.2, 0.25) is 0 Å². The first-order valence-electron chi connectivity index (χ1n) is 8.27. The van der Waals surface area contributed by atoms with Gasteiger partial charge in [-0.2, -0.15) is 15.0 Å². The summed E-state index contributed by atoms with van der Waals surface area (Å²) in [5.74, 6) is 1.53. The minimum atomic E-state index is -0.431. The number of anilines is 1. The molecule has 0 saturated carbocycles. The van der Waals surface area contributed by atoms with Crippen molar-refractivity contribution in [2.45, 2.75) is 0 Å². The maximum Gasteiger partial charge on any atom is 0.249 e. The molecule has 0 aliphatic rings. The minimum absolute atomic E-state index is 0.228. The number of amides is 1. The van der Waals surface area contributed by atoms with Gasteiger partial charge < -0.3 is 14.8 Å². The predicted octanol–water partition coefficient (Wildman–Crippen LogP) is 2.81. The van der Waals surface area contributed by atoms with Crippen LogP contribution in [0.4, 0.5) is 5.82 Å². The lowest BCUT2D eigenvalue weighted by Gasteiger charge is -2.08. The number of hydrogen-bond donors (Lipinski definition) is 1. The average molecular weight is 375 g/mol. The van der Waals surface area contributed by atoms with Crippen LogP contribution in [0.3, 0.4) is 0 Å². The Morgan fingerprint density at radius 2 is 2.11 bits per heavy atom. The predicted molar refractivity (Wildman–Crippen MR) is 103 cm³/mol. The molecular formula is C20H17N5O3. The molecule has 0 spiro atoms. The van der Waals surface area contributed by atoms with Crippen LogP contribution >= 0.6 is 0 Å². The summed E-state index contributed by atoms with van der Waals surface area (Å²) in [6, 6.07) is 12.6. The van der Waals surface area contributed by atoms with E-state index in [1.165, 1.54) is 17.0 Å². The van der Waals surface area contributed by atoms with E-state index in [0.29, 0.717) is 22.9 Å². The first kappa shape index (κ1) is 18.7. The largest absolute Gasteiger partial charge is 0.497 e. The second-order valence-electron chi connectivity index (χ2n) is 5.55. The van der Waals surface area contributed by atoms with E-state index in [0.717, 1.165) is 0 Å². The average Bonchev–Trinajstić information content (AvgIpc) is 3.15. The highest BCUT2D eigenvalue weighted by Crippen LogP contribution is 2.25. The molecule has 1 amide bonds. The third kappa shape index (κ3) is 3.99. The fraction of sp³-hybridized carbons (Fsp3) is 0.100. The fourth-order valence-electron chi connectivity index (χ4n) is 2.50. The number of ether oxygens (including phenoxy) is 2. The molecule has 0 fully saturated rings. The number of rotatable bonds is 6. The van der Waals surface area contributed by atoms with Crippen LogP contribution in [-0.4, -0.2) is 34.9 Å². The summed E-state index contributed by atoms with van der Waals surface area (Å²) in [6.07, 6.45) is 5.92. The van der Waals surface area contributed by atoms with Crippen molar-refractivity contribution >= 4 is 17.8 Å². The highest BCUT2D eigenvalue weighted by Gasteiger charge is 2.14. The lowest BCUT2D eigenvalue weighted by molar-refractivity contribution is -0.111. The van der Waals surface area contributed by atoms with Crippen LogP contribution in [0.1, 0.15) is 11.1 Å². The van der Waals surface area contributed by atoms with Gasteiger partial charge in [0.1, 0.15) is 23.1 Å². The number of nitrogens with one attached hydrogen (secondary N) is 1. The van der Waals surface area contributed by atoms with E-state index < -0.39 is 5.91 Å². The Labute approximate surface area is 161 Å². The van der Waals surface area contributed by atoms with Gasteiger partial charge in [-0.1, -0.05) is 6.07 Å². The first-order valence-corrected chi connectivity index (χ1v) is 8.27. The van der Waals surface area contributed by atoms with Crippen molar-refractivity contribution in [3.05, 3.63) is 66.0 Å². The van der Waals surface area contributed by atoms with E-state index in [1.54, 1.807) is 62.9 Å².